The Labute approximate surface area is 280 Å². The molecular formula is C24H69O9Si10. The summed E-state index contributed by atoms with van der Waals surface area (Å²) >= 11 is 0. The van der Waals surface area contributed by atoms with E-state index in [1.165, 1.54) is 0 Å². The summed E-state index contributed by atoms with van der Waals surface area (Å²) in [4.78, 5) is 0. The van der Waals surface area contributed by atoms with Crippen LogP contribution in [0.3, 0.4) is 0 Å². The van der Waals surface area contributed by atoms with Gasteiger partial charge in [-0.25, -0.2) is 0 Å². The Balaban J connectivity index is 6.29. The van der Waals surface area contributed by atoms with Crippen molar-refractivity contribution < 1.29 is 38.0 Å². The van der Waals surface area contributed by atoms with Gasteiger partial charge in [0.1, 0.15) is 0 Å². The second-order valence-corrected chi connectivity index (χ2v) is 49.9. The van der Waals surface area contributed by atoms with Gasteiger partial charge in [0.15, 0.2) is 25.0 Å². The SMILES string of the molecule is CC[CH][Si](O[Si](C)(C)C(C)O[SiH2]O[Si](C)(C)C)(O[Si](C)(C)C(C)O[SiH2]O[Si](C)(C)C)O[Si](C)(C)C(C)O[SiH2]O[Si](C)(C)C. The van der Waals surface area contributed by atoms with E-state index in [4.69, 9.17) is 38.0 Å². The second-order valence-electron chi connectivity index (χ2n) is 15.9. The average molecular weight is 783 g/mol. The standard InChI is InChI=1S/C24H69O9Si10/c1-20-21-43(31-40(14,15)22(2)25-34-28-37(5,6)7,32-41(16,17)23(3)26-35-29-38(8,9)10)33-42(18,19)24(4)27-36-30-39(11,12)13/h21-24H,20,34-36H2,1-19H3. The first kappa shape index (κ1) is 44.8. The van der Waals surface area contributed by atoms with Crippen LogP contribution in [-0.2, 0) is 38.0 Å². The second kappa shape index (κ2) is 18.0. The van der Waals surface area contributed by atoms with Gasteiger partial charge in [-0.3, -0.25) is 0 Å². The highest BCUT2D eigenvalue weighted by Crippen LogP contribution is 2.33. The molecule has 0 aliphatic rings. The molecule has 0 bridgehead atoms. The molecule has 0 spiro atoms. The van der Waals surface area contributed by atoms with Crippen molar-refractivity contribution in [2.75, 3.05) is 0 Å². The van der Waals surface area contributed by atoms with E-state index in [2.05, 4.69) is 132 Å². The van der Waals surface area contributed by atoms with E-state index in [-0.39, 0.29) is 17.2 Å². The van der Waals surface area contributed by atoms with E-state index in [0.29, 0.717) is 0 Å². The zero-order valence-corrected chi connectivity index (χ0v) is 42.6. The first-order valence-corrected chi connectivity index (χ1v) is 40.2. The summed E-state index contributed by atoms with van der Waals surface area (Å²) in [5.74, 6) is 0. The molecular weight excluding hydrogens is 713 g/mol. The van der Waals surface area contributed by atoms with Crippen molar-refractivity contribution in [1.82, 2.24) is 0 Å². The molecule has 0 rings (SSSR count). The first-order valence-electron chi connectivity index (χ1n) is 15.8. The molecule has 9 nitrogen and oxygen atoms in total. The van der Waals surface area contributed by atoms with Gasteiger partial charge < -0.3 is 38.0 Å². The van der Waals surface area contributed by atoms with Crippen molar-refractivity contribution >= 4 is 88.7 Å². The number of rotatable bonds is 23. The van der Waals surface area contributed by atoms with Gasteiger partial charge in [0.05, 0.1) is 17.2 Å². The highest BCUT2D eigenvalue weighted by Gasteiger charge is 2.55. The summed E-state index contributed by atoms with van der Waals surface area (Å²) in [6, 6.07) is 2.19. The fourth-order valence-electron chi connectivity index (χ4n) is 3.33. The summed E-state index contributed by atoms with van der Waals surface area (Å²) in [5, 5.41) is 0. The predicted octanol–water partition coefficient (Wildman–Crippen LogP) is 5.13. The molecule has 259 valence electrons. The van der Waals surface area contributed by atoms with Crippen LogP contribution in [0.2, 0.25) is 98.2 Å². The maximum absolute atomic E-state index is 7.26. The van der Waals surface area contributed by atoms with Crippen LogP contribution in [0.15, 0.2) is 0 Å². The monoisotopic (exact) mass is 781 g/mol. The lowest BCUT2D eigenvalue weighted by Gasteiger charge is -2.47. The number of hydrogen-bond donors (Lipinski definition) is 0. The molecule has 0 aromatic rings. The van der Waals surface area contributed by atoms with E-state index in [9.17, 15) is 0 Å². The fourth-order valence-corrected chi connectivity index (χ4v) is 28.3. The van der Waals surface area contributed by atoms with Crippen LogP contribution in [0.4, 0.5) is 0 Å². The summed E-state index contributed by atoms with van der Waals surface area (Å²) in [6.07, 6.45) is 0.778. The maximum atomic E-state index is 7.26. The molecule has 3 atom stereocenters. The Kier molecular flexibility index (Phi) is 18.7. The number of hydrogen-bond acceptors (Lipinski definition) is 9. The molecule has 0 saturated heterocycles. The average Bonchev–Trinajstić information content (AvgIpc) is 2.75. The van der Waals surface area contributed by atoms with Gasteiger partial charge in [-0.05, 0) is 125 Å². The van der Waals surface area contributed by atoms with E-state index < -0.39 is 88.7 Å². The van der Waals surface area contributed by atoms with Crippen LogP contribution in [0.25, 0.3) is 0 Å². The molecule has 0 aromatic carbocycles. The molecule has 3 unspecified atom stereocenters. The van der Waals surface area contributed by atoms with Gasteiger partial charge in [0.2, 0.25) is 25.0 Å². The van der Waals surface area contributed by atoms with E-state index in [1.54, 1.807) is 0 Å². The molecule has 0 amide bonds. The van der Waals surface area contributed by atoms with Gasteiger partial charge in [-0.15, -0.1) is 0 Å². The van der Waals surface area contributed by atoms with Crippen LogP contribution in [0.5, 0.6) is 0 Å². The van der Waals surface area contributed by atoms with Crippen LogP contribution in [0.1, 0.15) is 34.1 Å². The largest absolute Gasteiger partial charge is 0.473 e. The van der Waals surface area contributed by atoms with Gasteiger partial charge in [-0.1, -0.05) is 6.92 Å². The minimum atomic E-state index is -3.35. The Morgan fingerprint density at radius 3 is 0.884 bits per heavy atom. The summed E-state index contributed by atoms with van der Waals surface area (Å²) in [5.41, 5.74) is -0.189. The normalized spacial score (nSPS) is 18.8. The molecule has 0 fully saturated rings. The molecule has 0 N–H and O–H groups in total. The molecule has 1 radical (unpaired) electrons. The smallest absolute Gasteiger partial charge is 0.441 e. The van der Waals surface area contributed by atoms with Crippen LogP contribution in [0, 0.1) is 6.04 Å². The molecule has 0 aliphatic heterocycles. The lowest BCUT2D eigenvalue weighted by molar-refractivity contribution is 0.183. The van der Waals surface area contributed by atoms with Crippen LogP contribution >= 0.6 is 0 Å². The third-order valence-corrected chi connectivity index (χ3v) is 38.8. The van der Waals surface area contributed by atoms with Crippen molar-refractivity contribution in [3.63, 3.8) is 0 Å². The minimum Gasteiger partial charge on any atom is -0.441 e. The quantitative estimate of drug-likeness (QED) is 0.131. The van der Waals surface area contributed by atoms with Crippen molar-refractivity contribution in [1.29, 1.82) is 0 Å². The van der Waals surface area contributed by atoms with Crippen LogP contribution in [-0.4, -0.2) is 106 Å². The van der Waals surface area contributed by atoms with Gasteiger partial charge in [0, 0.05) is 6.04 Å². The van der Waals surface area contributed by atoms with Crippen LogP contribution < -0.4 is 0 Å². The zero-order valence-electron chi connectivity index (χ0n) is 31.3. The molecule has 0 aliphatic carbocycles. The molecule has 0 heterocycles. The van der Waals surface area contributed by atoms with Crippen molar-refractivity contribution in [3.8, 4) is 0 Å². The van der Waals surface area contributed by atoms with Crippen molar-refractivity contribution in [2.24, 2.45) is 0 Å². The Hall–Kier alpha value is 1.81. The topological polar surface area (TPSA) is 83.1 Å². The van der Waals surface area contributed by atoms with Gasteiger partial charge in [-0.2, -0.15) is 0 Å². The molecule has 0 saturated carbocycles. The van der Waals surface area contributed by atoms with Gasteiger partial charge >= 0.3 is 8.80 Å². The molecule has 0 aromatic heterocycles. The third kappa shape index (κ3) is 19.4. The zero-order chi connectivity index (χ0) is 34.1. The Bertz CT molecular complexity index is 704. The van der Waals surface area contributed by atoms with E-state index in [1.807, 2.05) is 0 Å². The Morgan fingerprint density at radius 2 is 0.698 bits per heavy atom. The first-order chi connectivity index (χ1) is 19.1. The minimum absolute atomic E-state index is 0.0631. The van der Waals surface area contributed by atoms with E-state index in [0.717, 1.165) is 6.42 Å². The predicted molar refractivity (Wildman–Crippen MR) is 207 cm³/mol. The lowest BCUT2D eigenvalue weighted by atomic mass is 10.6. The van der Waals surface area contributed by atoms with Crippen molar-refractivity contribution in [3.05, 3.63) is 6.04 Å². The summed E-state index contributed by atoms with van der Waals surface area (Å²) in [6.45, 7) is 41.6. The molecule has 43 heavy (non-hydrogen) atoms. The third-order valence-electron chi connectivity index (χ3n) is 7.04. The highest BCUT2D eigenvalue weighted by atomic mass is 28.5. The van der Waals surface area contributed by atoms with E-state index >= 15 is 0 Å². The summed E-state index contributed by atoms with van der Waals surface area (Å²) < 4.78 is 59.4. The van der Waals surface area contributed by atoms with Crippen molar-refractivity contribution in [2.45, 2.75) is 150 Å². The Morgan fingerprint density at radius 1 is 0.465 bits per heavy atom. The fraction of sp³-hybridized carbons (Fsp3) is 0.958. The van der Waals surface area contributed by atoms with Gasteiger partial charge in [0.25, 0.3) is 30.0 Å². The molecule has 19 heteroatoms. The highest BCUT2D eigenvalue weighted by molar-refractivity contribution is 6.93. The maximum Gasteiger partial charge on any atom is 0.473 e. The summed E-state index contributed by atoms with van der Waals surface area (Å²) in [7, 11) is -19.0. The lowest BCUT2D eigenvalue weighted by Crippen LogP contribution is -2.68.